The highest BCUT2D eigenvalue weighted by atomic mass is 16.5. The lowest BCUT2D eigenvalue weighted by molar-refractivity contribution is -0.0551. The minimum Gasteiger partial charge on any atom is -0.472 e. The number of allylic oxidation sites excluding steroid dienone is 1. The average molecular weight is 369 g/mol. The summed E-state index contributed by atoms with van der Waals surface area (Å²) >= 11 is 0. The quantitative estimate of drug-likeness (QED) is 0.522. The zero-order chi connectivity index (χ0) is 19.1. The van der Waals surface area contributed by atoms with Crippen LogP contribution in [-0.4, -0.2) is 6.61 Å². The van der Waals surface area contributed by atoms with Gasteiger partial charge in [0.05, 0.1) is 25.2 Å². The third kappa shape index (κ3) is 3.35. The molecule has 2 heteroatoms. The van der Waals surface area contributed by atoms with Crippen molar-refractivity contribution in [2.75, 3.05) is 6.61 Å². The molecule has 2 heterocycles. The van der Waals surface area contributed by atoms with E-state index in [1.807, 2.05) is 12.3 Å². The van der Waals surface area contributed by atoms with Gasteiger partial charge in [-0.1, -0.05) is 39.0 Å². The van der Waals surface area contributed by atoms with E-state index in [1.54, 1.807) is 6.26 Å². The molecule has 27 heavy (non-hydrogen) atoms. The van der Waals surface area contributed by atoms with Crippen LogP contribution in [0.4, 0.5) is 0 Å². The van der Waals surface area contributed by atoms with Crippen molar-refractivity contribution in [3.05, 3.63) is 48.0 Å². The maximum absolute atomic E-state index is 6.14. The molecule has 0 radical (unpaired) electrons. The van der Waals surface area contributed by atoms with Gasteiger partial charge in [0.25, 0.3) is 0 Å². The molecule has 2 aliphatic carbocycles. The molecule has 0 amide bonds. The lowest BCUT2D eigenvalue weighted by Gasteiger charge is -2.59. The molecule has 0 aromatic carbocycles. The lowest BCUT2D eigenvalue weighted by Crippen LogP contribution is -2.50. The smallest absolute Gasteiger partial charge is 0.0960 e. The second-order valence-electron chi connectivity index (χ2n) is 9.87. The lowest BCUT2D eigenvalue weighted by atomic mass is 9.46. The van der Waals surface area contributed by atoms with E-state index in [1.165, 1.54) is 56.1 Å². The summed E-state index contributed by atoms with van der Waals surface area (Å²) in [7, 11) is 0. The van der Waals surface area contributed by atoms with Gasteiger partial charge in [-0.25, -0.2) is 0 Å². The number of fused-ring (bicyclic) bond motifs is 1. The molecule has 5 atom stereocenters. The summed E-state index contributed by atoms with van der Waals surface area (Å²) in [6, 6.07) is 2.02. The van der Waals surface area contributed by atoms with Crippen LogP contribution in [0.25, 0.3) is 0 Å². The summed E-state index contributed by atoms with van der Waals surface area (Å²) in [5.41, 5.74) is 4.96. The number of furan rings is 1. The zero-order valence-electron chi connectivity index (χ0n) is 17.4. The first-order valence-corrected chi connectivity index (χ1v) is 10.9. The van der Waals surface area contributed by atoms with E-state index in [2.05, 4.69) is 33.4 Å². The van der Waals surface area contributed by atoms with Gasteiger partial charge in [0.15, 0.2) is 0 Å². The Morgan fingerprint density at radius 2 is 2.11 bits per heavy atom. The summed E-state index contributed by atoms with van der Waals surface area (Å²) in [4.78, 5) is 0. The first kappa shape index (κ1) is 19.1. The third-order valence-corrected chi connectivity index (χ3v) is 8.56. The summed E-state index contributed by atoms with van der Waals surface area (Å²) < 4.78 is 11.3. The third-order valence-electron chi connectivity index (χ3n) is 8.56. The molecule has 1 aromatic heterocycles. The fraction of sp³-hybridized carbons (Fsp3) is 0.680. The molecule has 0 saturated heterocycles. The van der Waals surface area contributed by atoms with Gasteiger partial charge in [-0.05, 0) is 85.7 Å². The van der Waals surface area contributed by atoms with Crippen LogP contribution in [0.2, 0.25) is 0 Å². The number of ether oxygens (including phenoxy) is 1. The van der Waals surface area contributed by atoms with E-state index in [-0.39, 0.29) is 6.10 Å². The van der Waals surface area contributed by atoms with Crippen molar-refractivity contribution in [1.82, 2.24) is 0 Å². The fourth-order valence-corrected chi connectivity index (χ4v) is 6.29. The molecule has 0 spiro atoms. The second kappa shape index (κ2) is 7.28. The molecular formula is C25H36O2. The van der Waals surface area contributed by atoms with Crippen molar-refractivity contribution < 1.29 is 9.15 Å². The monoisotopic (exact) mass is 368 g/mol. The van der Waals surface area contributed by atoms with E-state index < -0.39 is 0 Å². The van der Waals surface area contributed by atoms with E-state index in [9.17, 15) is 0 Å². The predicted octanol–water partition coefficient (Wildman–Crippen LogP) is 7.25. The maximum atomic E-state index is 6.14. The van der Waals surface area contributed by atoms with Crippen LogP contribution >= 0.6 is 0 Å². The molecule has 1 aromatic rings. The molecular weight excluding hydrogens is 332 g/mol. The Bertz CT molecular complexity index is 700. The van der Waals surface area contributed by atoms with Crippen molar-refractivity contribution in [3.63, 3.8) is 0 Å². The normalized spacial score (nSPS) is 39.7. The molecule has 3 aliphatic rings. The highest BCUT2D eigenvalue weighted by Crippen LogP contribution is 2.62. The van der Waals surface area contributed by atoms with Gasteiger partial charge in [0, 0.05) is 5.56 Å². The van der Waals surface area contributed by atoms with Crippen LogP contribution in [0.3, 0.4) is 0 Å². The standard InChI is InChI=1S/C25H36O2/c1-18-6-5-7-23-24(18,3)13-10-19(2)25(23,4)14-11-20-8-9-22(27-16-20)21-12-15-26-17-21/h8,12,15,17,19,22-23H,1,5-7,9-11,13-14,16H2,2-4H3/t19-,22+,23-,24-,25-/m1/s1. The van der Waals surface area contributed by atoms with Crippen LogP contribution in [-0.2, 0) is 4.74 Å². The Labute approximate surface area is 165 Å². The van der Waals surface area contributed by atoms with Gasteiger partial charge in [-0.2, -0.15) is 0 Å². The largest absolute Gasteiger partial charge is 0.472 e. The molecule has 0 unspecified atom stereocenters. The number of hydrogen-bond donors (Lipinski definition) is 0. The van der Waals surface area contributed by atoms with Gasteiger partial charge in [0.2, 0.25) is 0 Å². The molecule has 0 bridgehead atoms. The van der Waals surface area contributed by atoms with E-state index >= 15 is 0 Å². The molecule has 2 saturated carbocycles. The first-order valence-electron chi connectivity index (χ1n) is 10.9. The summed E-state index contributed by atoms with van der Waals surface area (Å²) in [6.07, 6.45) is 16.2. The Morgan fingerprint density at radius 1 is 1.26 bits per heavy atom. The van der Waals surface area contributed by atoms with Crippen LogP contribution in [0.15, 0.2) is 46.8 Å². The minimum absolute atomic E-state index is 0.168. The second-order valence-corrected chi connectivity index (χ2v) is 9.87. The Morgan fingerprint density at radius 3 is 2.81 bits per heavy atom. The highest BCUT2D eigenvalue weighted by molar-refractivity contribution is 5.20. The zero-order valence-corrected chi connectivity index (χ0v) is 17.4. The number of rotatable bonds is 4. The molecule has 148 valence electrons. The number of hydrogen-bond acceptors (Lipinski definition) is 2. The van der Waals surface area contributed by atoms with Crippen LogP contribution < -0.4 is 0 Å². The summed E-state index contributed by atoms with van der Waals surface area (Å²) in [5, 5.41) is 0. The van der Waals surface area contributed by atoms with Crippen LogP contribution in [0.1, 0.15) is 83.8 Å². The SMILES string of the molecule is C=C1CCC[C@H]2[C@](C)(CCC3=CC[C@@H](c4ccoc4)OC3)[C@H](C)CC[C@]12C. The summed E-state index contributed by atoms with van der Waals surface area (Å²) in [5.74, 6) is 1.59. The Balaban J connectivity index is 1.44. The summed E-state index contributed by atoms with van der Waals surface area (Å²) in [6.45, 7) is 12.9. The molecule has 0 N–H and O–H groups in total. The van der Waals surface area contributed by atoms with Crippen molar-refractivity contribution in [2.24, 2.45) is 22.7 Å². The van der Waals surface area contributed by atoms with Crippen molar-refractivity contribution >= 4 is 0 Å². The average Bonchev–Trinajstić information content (AvgIpc) is 3.21. The van der Waals surface area contributed by atoms with E-state index in [0.29, 0.717) is 10.8 Å². The molecule has 4 rings (SSSR count). The Kier molecular flexibility index (Phi) is 5.14. The molecule has 2 fully saturated rings. The van der Waals surface area contributed by atoms with E-state index in [0.717, 1.165) is 30.4 Å². The topological polar surface area (TPSA) is 22.4 Å². The van der Waals surface area contributed by atoms with Gasteiger partial charge in [-0.3, -0.25) is 0 Å². The van der Waals surface area contributed by atoms with Gasteiger partial charge in [-0.15, -0.1) is 0 Å². The van der Waals surface area contributed by atoms with Crippen LogP contribution in [0.5, 0.6) is 0 Å². The minimum atomic E-state index is 0.168. The van der Waals surface area contributed by atoms with E-state index in [4.69, 9.17) is 9.15 Å². The van der Waals surface area contributed by atoms with Crippen molar-refractivity contribution in [2.45, 2.75) is 78.2 Å². The first-order chi connectivity index (χ1) is 12.9. The Hall–Kier alpha value is -1.28. The van der Waals surface area contributed by atoms with Crippen LogP contribution in [0, 0.1) is 22.7 Å². The molecule has 1 aliphatic heterocycles. The van der Waals surface area contributed by atoms with Crippen molar-refractivity contribution in [3.8, 4) is 0 Å². The van der Waals surface area contributed by atoms with Crippen molar-refractivity contribution in [1.29, 1.82) is 0 Å². The molecule has 2 nitrogen and oxygen atoms in total. The van der Waals surface area contributed by atoms with Gasteiger partial charge in [0.1, 0.15) is 0 Å². The van der Waals surface area contributed by atoms with Gasteiger partial charge >= 0.3 is 0 Å². The van der Waals surface area contributed by atoms with Gasteiger partial charge < -0.3 is 9.15 Å². The maximum Gasteiger partial charge on any atom is 0.0960 e. The fourth-order valence-electron chi connectivity index (χ4n) is 6.29. The predicted molar refractivity (Wildman–Crippen MR) is 110 cm³/mol. The highest BCUT2D eigenvalue weighted by Gasteiger charge is 2.53.